The zero-order valence-electron chi connectivity index (χ0n) is 21.3. The highest BCUT2D eigenvalue weighted by Gasteiger charge is 2.52. The van der Waals surface area contributed by atoms with Gasteiger partial charge in [0.1, 0.15) is 17.7 Å². The van der Waals surface area contributed by atoms with Crippen LogP contribution in [0.25, 0.3) is 0 Å². The van der Waals surface area contributed by atoms with Crippen LogP contribution in [0.1, 0.15) is 45.6 Å². The SMILES string of the molecule is CN1CCN(c2ccc(CC(NC(=O)C3C4CCC(C4)N3C(=O)OC(C)(C)C)C(N)=O)cc2)CC1. The lowest BCUT2D eigenvalue weighted by Gasteiger charge is -2.36. The molecule has 0 spiro atoms. The van der Waals surface area contributed by atoms with Gasteiger partial charge in [-0.3, -0.25) is 14.5 Å². The number of carbonyl (C=O) groups is 3. The maximum absolute atomic E-state index is 13.3. The van der Waals surface area contributed by atoms with E-state index in [-0.39, 0.29) is 17.9 Å². The lowest BCUT2D eigenvalue weighted by Crippen LogP contribution is -2.57. The van der Waals surface area contributed by atoms with Crippen LogP contribution in [-0.2, 0) is 20.7 Å². The fourth-order valence-electron chi connectivity index (χ4n) is 5.53. The number of carbonyl (C=O) groups excluding carboxylic acids is 3. The zero-order valence-corrected chi connectivity index (χ0v) is 21.3. The number of hydrogen-bond acceptors (Lipinski definition) is 6. The van der Waals surface area contributed by atoms with Crippen LogP contribution in [0.3, 0.4) is 0 Å². The molecule has 0 radical (unpaired) electrons. The number of likely N-dealkylation sites (tertiary alicyclic amines) is 1. The number of fused-ring (bicyclic) bond motifs is 2. The first-order chi connectivity index (χ1) is 16.5. The van der Waals surface area contributed by atoms with E-state index < -0.39 is 29.7 Å². The second kappa shape index (κ2) is 10.0. The number of amides is 3. The van der Waals surface area contributed by atoms with Crippen LogP contribution in [0.4, 0.5) is 10.5 Å². The summed E-state index contributed by atoms with van der Waals surface area (Å²) in [5, 5.41) is 2.84. The predicted octanol–water partition coefficient (Wildman–Crippen LogP) is 1.74. The van der Waals surface area contributed by atoms with Gasteiger partial charge in [0.25, 0.3) is 0 Å². The average Bonchev–Trinajstić information content (AvgIpc) is 3.40. The van der Waals surface area contributed by atoms with Crippen molar-refractivity contribution >= 4 is 23.6 Å². The molecule has 1 aromatic rings. The predicted molar refractivity (Wildman–Crippen MR) is 134 cm³/mol. The molecule has 4 atom stereocenters. The summed E-state index contributed by atoms with van der Waals surface area (Å²) in [4.78, 5) is 44.7. The third kappa shape index (κ3) is 5.89. The van der Waals surface area contributed by atoms with Gasteiger partial charge < -0.3 is 25.6 Å². The normalized spacial score (nSPS) is 25.4. The van der Waals surface area contributed by atoms with E-state index in [1.165, 1.54) is 0 Å². The maximum atomic E-state index is 13.3. The van der Waals surface area contributed by atoms with Crippen molar-refractivity contribution in [3.63, 3.8) is 0 Å². The molecule has 2 saturated heterocycles. The van der Waals surface area contributed by atoms with E-state index in [1.54, 1.807) is 4.90 Å². The van der Waals surface area contributed by atoms with E-state index in [2.05, 4.69) is 34.3 Å². The minimum absolute atomic E-state index is 0.000234. The highest BCUT2D eigenvalue weighted by Crippen LogP contribution is 2.43. The molecular weight excluding hydrogens is 446 g/mol. The number of ether oxygens (including phenoxy) is 1. The van der Waals surface area contributed by atoms with Crippen LogP contribution in [0.2, 0.25) is 0 Å². The van der Waals surface area contributed by atoms with Crippen LogP contribution in [0.5, 0.6) is 0 Å². The van der Waals surface area contributed by atoms with E-state index in [0.29, 0.717) is 6.42 Å². The minimum Gasteiger partial charge on any atom is -0.444 e. The first-order valence-corrected chi connectivity index (χ1v) is 12.7. The minimum atomic E-state index is -0.850. The van der Waals surface area contributed by atoms with Crippen molar-refractivity contribution in [3.05, 3.63) is 29.8 Å². The van der Waals surface area contributed by atoms with Crippen molar-refractivity contribution in [2.45, 2.75) is 70.2 Å². The molecule has 3 fully saturated rings. The Hall–Kier alpha value is -2.81. The van der Waals surface area contributed by atoms with E-state index in [9.17, 15) is 14.4 Å². The molecule has 1 saturated carbocycles. The van der Waals surface area contributed by atoms with E-state index >= 15 is 0 Å². The molecule has 1 aromatic carbocycles. The Balaban J connectivity index is 1.41. The van der Waals surface area contributed by atoms with Crippen LogP contribution in [-0.4, -0.2) is 84.7 Å². The summed E-state index contributed by atoms with van der Waals surface area (Å²) in [6.45, 7) is 9.45. The quantitative estimate of drug-likeness (QED) is 0.636. The number of nitrogens with zero attached hydrogens (tertiary/aromatic N) is 3. The number of primary amides is 1. The number of nitrogens with one attached hydrogen (secondary N) is 1. The molecule has 4 unspecified atom stereocenters. The van der Waals surface area contributed by atoms with Gasteiger partial charge in [0.05, 0.1) is 0 Å². The molecule has 9 heteroatoms. The first-order valence-electron chi connectivity index (χ1n) is 12.7. The number of hydrogen-bond donors (Lipinski definition) is 2. The van der Waals surface area contributed by atoms with E-state index in [1.807, 2.05) is 32.9 Å². The van der Waals surface area contributed by atoms with Crippen molar-refractivity contribution in [2.24, 2.45) is 11.7 Å². The van der Waals surface area contributed by atoms with Gasteiger partial charge in [0, 0.05) is 44.3 Å². The summed E-state index contributed by atoms with van der Waals surface area (Å²) in [7, 11) is 2.13. The molecule has 4 rings (SSSR count). The van der Waals surface area contributed by atoms with Gasteiger partial charge in [-0.1, -0.05) is 12.1 Å². The van der Waals surface area contributed by atoms with Crippen LogP contribution in [0, 0.1) is 5.92 Å². The molecule has 3 aliphatic rings. The van der Waals surface area contributed by atoms with Gasteiger partial charge >= 0.3 is 6.09 Å². The second-order valence-corrected chi connectivity index (χ2v) is 11.2. The van der Waals surface area contributed by atoms with Crippen molar-refractivity contribution in [3.8, 4) is 0 Å². The van der Waals surface area contributed by atoms with Gasteiger partial charge in [0.15, 0.2) is 0 Å². The smallest absolute Gasteiger partial charge is 0.411 e. The molecule has 9 nitrogen and oxygen atoms in total. The van der Waals surface area contributed by atoms with Crippen molar-refractivity contribution in [2.75, 3.05) is 38.1 Å². The molecule has 1 aliphatic carbocycles. The summed E-state index contributed by atoms with van der Waals surface area (Å²) < 4.78 is 5.58. The Labute approximate surface area is 207 Å². The maximum Gasteiger partial charge on any atom is 0.411 e. The van der Waals surface area contributed by atoms with Gasteiger partial charge in [-0.25, -0.2) is 4.79 Å². The third-order valence-corrected chi connectivity index (χ3v) is 7.36. The summed E-state index contributed by atoms with van der Waals surface area (Å²) in [5.41, 5.74) is 7.10. The largest absolute Gasteiger partial charge is 0.444 e. The molecule has 192 valence electrons. The number of piperidine rings is 1. The van der Waals surface area contributed by atoms with Gasteiger partial charge in [-0.05, 0) is 70.7 Å². The Morgan fingerprint density at radius 1 is 1.09 bits per heavy atom. The number of nitrogens with two attached hydrogens (primary N) is 1. The fourth-order valence-corrected chi connectivity index (χ4v) is 5.53. The third-order valence-electron chi connectivity index (χ3n) is 7.36. The van der Waals surface area contributed by atoms with Crippen LogP contribution in [0.15, 0.2) is 24.3 Å². The van der Waals surface area contributed by atoms with E-state index in [4.69, 9.17) is 10.5 Å². The number of anilines is 1. The number of piperazine rings is 1. The van der Waals surface area contributed by atoms with Crippen molar-refractivity contribution < 1.29 is 19.1 Å². The van der Waals surface area contributed by atoms with Gasteiger partial charge in [0.2, 0.25) is 11.8 Å². The summed E-state index contributed by atoms with van der Waals surface area (Å²) >= 11 is 0. The molecule has 3 amide bonds. The van der Waals surface area contributed by atoms with Gasteiger partial charge in [-0.2, -0.15) is 0 Å². The number of rotatable bonds is 6. The zero-order chi connectivity index (χ0) is 25.3. The molecule has 0 aromatic heterocycles. The molecular formula is C26H39N5O4. The van der Waals surface area contributed by atoms with Crippen molar-refractivity contribution in [1.29, 1.82) is 0 Å². The molecule has 2 bridgehead atoms. The molecule has 2 heterocycles. The molecule has 3 N–H and O–H groups in total. The molecule has 35 heavy (non-hydrogen) atoms. The number of likely N-dealkylation sites (N-methyl/N-ethyl adjacent to an activating group) is 1. The topological polar surface area (TPSA) is 108 Å². The standard InChI is InChI=1S/C26H39N5O4/c1-26(2,3)35-25(34)31-20-10-7-18(16-20)22(31)24(33)28-21(23(27)32)15-17-5-8-19(9-6-17)30-13-11-29(4)12-14-30/h5-6,8-9,18,20-22H,7,10-16H2,1-4H3,(H2,27,32)(H,28,33). The Morgan fingerprint density at radius 2 is 1.74 bits per heavy atom. The summed E-state index contributed by atoms with van der Waals surface area (Å²) in [6, 6.07) is 6.60. The fraction of sp³-hybridized carbons (Fsp3) is 0.654. The lowest BCUT2D eigenvalue weighted by molar-refractivity contribution is -0.132. The Morgan fingerprint density at radius 3 is 2.34 bits per heavy atom. The lowest BCUT2D eigenvalue weighted by atomic mass is 9.97. The van der Waals surface area contributed by atoms with Gasteiger partial charge in [-0.15, -0.1) is 0 Å². The highest BCUT2D eigenvalue weighted by atomic mass is 16.6. The Kier molecular flexibility index (Phi) is 7.26. The first kappa shape index (κ1) is 25.3. The Bertz CT molecular complexity index is 936. The van der Waals surface area contributed by atoms with Crippen molar-refractivity contribution in [1.82, 2.24) is 15.1 Å². The van der Waals surface area contributed by atoms with Crippen LogP contribution >= 0.6 is 0 Å². The molecule has 2 aliphatic heterocycles. The summed E-state index contributed by atoms with van der Waals surface area (Å²) in [5.74, 6) is -0.849. The van der Waals surface area contributed by atoms with E-state index in [0.717, 1.165) is 56.7 Å². The highest BCUT2D eigenvalue weighted by molar-refractivity contribution is 5.91. The monoisotopic (exact) mass is 485 g/mol. The summed E-state index contributed by atoms with van der Waals surface area (Å²) in [6.07, 6.45) is 2.37. The second-order valence-electron chi connectivity index (χ2n) is 11.2. The number of benzene rings is 1. The van der Waals surface area contributed by atoms with Crippen LogP contribution < -0.4 is 16.0 Å². The average molecular weight is 486 g/mol.